The van der Waals surface area contributed by atoms with Crippen molar-refractivity contribution in [3.63, 3.8) is 0 Å². The van der Waals surface area contributed by atoms with E-state index in [0.717, 1.165) is 12.3 Å². The van der Waals surface area contributed by atoms with Crippen molar-refractivity contribution < 1.29 is 4.39 Å². The lowest BCUT2D eigenvalue weighted by molar-refractivity contribution is 0.621. The lowest BCUT2D eigenvalue weighted by atomic mass is 10.3. The van der Waals surface area contributed by atoms with Crippen LogP contribution >= 0.6 is 0 Å². The third-order valence-corrected chi connectivity index (χ3v) is 0.834. The first-order chi connectivity index (χ1) is 4.33. The summed E-state index contributed by atoms with van der Waals surface area (Å²) in [5, 5.41) is 8.21. The molecule has 0 atom stereocenters. The molecule has 0 bridgehead atoms. The number of pyridine rings is 1. The monoisotopic (exact) mass is 122 g/mol. The molecule has 0 radical (unpaired) electrons. The highest BCUT2D eigenvalue weighted by atomic mass is 19.1. The van der Waals surface area contributed by atoms with Crippen molar-refractivity contribution in [1.82, 2.24) is 4.98 Å². The molecule has 9 heavy (non-hydrogen) atoms. The molecule has 1 rings (SSSR count). The molecule has 0 saturated heterocycles. The standard InChI is InChI=1S/C6H3FN2/c7-6-1-5(2-8)3-9-4-6/h1,3-4H. The molecule has 0 aliphatic rings. The molecule has 1 aromatic rings. The second-order valence-corrected chi connectivity index (χ2v) is 1.50. The van der Waals surface area contributed by atoms with Crippen LogP contribution in [0.15, 0.2) is 18.5 Å². The van der Waals surface area contributed by atoms with Crippen LogP contribution in [0.1, 0.15) is 5.56 Å². The second-order valence-electron chi connectivity index (χ2n) is 1.50. The van der Waals surface area contributed by atoms with E-state index in [-0.39, 0.29) is 5.56 Å². The van der Waals surface area contributed by atoms with Crippen molar-refractivity contribution in [2.75, 3.05) is 0 Å². The molecular formula is C6H3FN2. The van der Waals surface area contributed by atoms with Crippen molar-refractivity contribution in [2.24, 2.45) is 0 Å². The van der Waals surface area contributed by atoms with Gasteiger partial charge in [-0.15, -0.1) is 0 Å². The van der Waals surface area contributed by atoms with E-state index in [1.54, 1.807) is 6.07 Å². The van der Waals surface area contributed by atoms with Crippen LogP contribution in [0.5, 0.6) is 0 Å². The molecule has 44 valence electrons. The molecule has 0 fully saturated rings. The average molecular weight is 122 g/mol. The van der Waals surface area contributed by atoms with Gasteiger partial charge in [-0.1, -0.05) is 0 Å². The highest BCUT2D eigenvalue weighted by molar-refractivity contribution is 5.24. The second kappa shape index (κ2) is 2.23. The van der Waals surface area contributed by atoms with Gasteiger partial charge in [-0.2, -0.15) is 5.26 Å². The summed E-state index contributed by atoms with van der Waals surface area (Å²) in [6.07, 6.45) is 2.36. The van der Waals surface area contributed by atoms with Gasteiger partial charge in [0, 0.05) is 6.20 Å². The van der Waals surface area contributed by atoms with Crippen molar-refractivity contribution in [2.45, 2.75) is 0 Å². The molecular weight excluding hydrogens is 119 g/mol. The molecule has 0 aliphatic carbocycles. The average Bonchev–Trinajstić information content (AvgIpc) is 1.88. The van der Waals surface area contributed by atoms with E-state index in [1.807, 2.05) is 0 Å². The molecule has 0 aliphatic heterocycles. The number of hydrogen-bond donors (Lipinski definition) is 0. The highest BCUT2D eigenvalue weighted by Crippen LogP contribution is 1.96. The highest BCUT2D eigenvalue weighted by Gasteiger charge is 1.90. The first-order valence-corrected chi connectivity index (χ1v) is 2.33. The van der Waals surface area contributed by atoms with Gasteiger partial charge in [0.2, 0.25) is 0 Å². The molecule has 2 nitrogen and oxygen atoms in total. The fraction of sp³-hybridized carbons (Fsp3) is 0. The van der Waals surface area contributed by atoms with Gasteiger partial charge >= 0.3 is 0 Å². The maximum absolute atomic E-state index is 12.1. The molecule has 0 spiro atoms. The third-order valence-electron chi connectivity index (χ3n) is 0.834. The summed E-state index contributed by atoms with van der Waals surface area (Å²) in [5.74, 6) is -0.478. The number of nitrogens with zero attached hydrogens (tertiary/aromatic N) is 2. The SMILES string of the molecule is N#Cc1cncc(F)c1. The summed E-state index contributed by atoms with van der Waals surface area (Å²) in [5.41, 5.74) is 0.245. The summed E-state index contributed by atoms with van der Waals surface area (Å²) in [4.78, 5) is 3.46. The van der Waals surface area contributed by atoms with Crippen molar-refractivity contribution in [1.29, 1.82) is 5.26 Å². The zero-order valence-corrected chi connectivity index (χ0v) is 4.50. The Balaban J connectivity index is 3.12. The van der Waals surface area contributed by atoms with E-state index in [1.165, 1.54) is 6.20 Å². The van der Waals surface area contributed by atoms with Gasteiger partial charge in [-0.3, -0.25) is 4.98 Å². The van der Waals surface area contributed by atoms with Gasteiger partial charge < -0.3 is 0 Å². The van der Waals surface area contributed by atoms with E-state index in [4.69, 9.17) is 5.26 Å². The van der Waals surface area contributed by atoms with Crippen LogP contribution in [-0.2, 0) is 0 Å². The van der Waals surface area contributed by atoms with Crippen LogP contribution in [0.25, 0.3) is 0 Å². The molecule has 1 aromatic heterocycles. The predicted octanol–water partition coefficient (Wildman–Crippen LogP) is 1.09. The zero-order valence-electron chi connectivity index (χ0n) is 4.50. The Bertz CT molecular complexity index is 251. The lowest BCUT2D eigenvalue weighted by Gasteiger charge is -1.84. The Morgan fingerprint density at radius 3 is 2.78 bits per heavy atom. The zero-order chi connectivity index (χ0) is 6.69. The van der Waals surface area contributed by atoms with Crippen LogP contribution in [0.2, 0.25) is 0 Å². The largest absolute Gasteiger partial charge is 0.260 e. The van der Waals surface area contributed by atoms with Gasteiger partial charge in [-0.25, -0.2) is 4.39 Å². The Labute approximate surface area is 51.6 Å². The van der Waals surface area contributed by atoms with Gasteiger partial charge in [0.15, 0.2) is 0 Å². The quantitative estimate of drug-likeness (QED) is 0.516. The molecule has 0 aromatic carbocycles. The maximum Gasteiger partial charge on any atom is 0.142 e. The van der Waals surface area contributed by atoms with Crippen LogP contribution in [0.3, 0.4) is 0 Å². The molecule has 0 saturated carbocycles. The molecule has 1 heterocycles. The maximum atomic E-state index is 12.1. The fourth-order valence-electron chi connectivity index (χ4n) is 0.473. The minimum Gasteiger partial charge on any atom is -0.260 e. The number of hydrogen-bond acceptors (Lipinski definition) is 2. The van der Waals surface area contributed by atoms with E-state index in [0.29, 0.717) is 0 Å². The first kappa shape index (κ1) is 5.70. The van der Waals surface area contributed by atoms with Crippen molar-refractivity contribution in [3.8, 4) is 6.07 Å². The summed E-state index contributed by atoms with van der Waals surface area (Å²) < 4.78 is 12.1. The molecule has 0 N–H and O–H groups in total. The van der Waals surface area contributed by atoms with Gasteiger partial charge in [0.25, 0.3) is 0 Å². The Kier molecular flexibility index (Phi) is 1.41. The fourth-order valence-corrected chi connectivity index (χ4v) is 0.473. The summed E-state index contributed by atoms with van der Waals surface area (Å²) >= 11 is 0. The third kappa shape index (κ3) is 1.23. The van der Waals surface area contributed by atoms with Gasteiger partial charge in [0.05, 0.1) is 11.8 Å². The smallest absolute Gasteiger partial charge is 0.142 e. The van der Waals surface area contributed by atoms with E-state index in [9.17, 15) is 4.39 Å². The Hall–Kier alpha value is -1.43. The van der Waals surface area contributed by atoms with E-state index < -0.39 is 5.82 Å². The van der Waals surface area contributed by atoms with Crippen LogP contribution in [-0.4, -0.2) is 4.98 Å². The predicted molar refractivity (Wildman–Crippen MR) is 28.9 cm³/mol. The minimum atomic E-state index is -0.478. The van der Waals surface area contributed by atoms with Gasteiger partial charge in [-0.05, 0) is 6.07 Å². The number of halogens is 1. The summed E-state index contributed by atoms with van der Waals surface area (Å²) in [6, 6.07) is 2.90. The molecule has 0 amide bonds. The minimum absolute atomic E-state index is 0.245. The van der Waals surface area contributed by atoms with Crippen LogP contribution in [0.4, 0.5) is 4.39 Å². The van der Waals surface area contributed by atoms with Crippen molar-refractivity contribution >= 4 is 0 Å². The number of aromatic nitrogens is 1. The van der Waals surface area contributed by atoms with Crippen molar-refractivity contribution in [3.05, 3.63) is 29.8 Å². The van der Waals surface area contributed by atoms with E-state index in [2.05, 4.69) is 4.98 Å². The lowest BCUT2D eigenvalue weighted by Crippen LogP contribution is -1.79. The summed E-state index contributed by atoms with van der Waals surface area (Å²) in [7, 11) is 0. The molecule has 3 heteroatoms. The summed E-state index contributed by atoms with van der Waals surface area (Å²) in [6.45, 7) is 0. The topological polar surface area (TPSA) is 36.7 Å². The number of nitriles is 1. The first-order valence-electron chi connectivity index (χ1n) is 2.33. The van der Waals surface area contributed by atoms with Gasteiger partial charge in [0.1, 0.15) is 11.9 Å². The number of rotatable bonds is 0. The molecule has 0 unspecified atom stereocenters. The normalized spacial score (nSPS) is 8.44. The Morgan fingerprint density at radius 1 is 1.56 bits per heavy atom. The Morgan fingerprint density at radius 2 is 2.33 bits per heavy atom. The van der Waals surface area contributed by atoms with Crippen LogP contribution < -0.4 is 0 Å². The van der Waals surface area contributed by atoms with E-state index >= 15 is 0 Å². The van der Waals surface area contributed by atoms with Crippen LogP contribution in [0, 0.1) is 17.1 Å².